The van der Waals surface area contributed by atoms with Gasteiger partial charge in [0.2, 0.25) is 0 Å². The van der Waals surface area contributed by atoms with Crippen LogP contribution in [0, 0.1) is 5.92 Å². The van der Waals surface area contributed by atoms with Gasteiger partial charge in [0.15, 0.2) is 0 Å². The maximum absolute atomic E-state index is 10.5. The topological polar surface area (TPSA) is 45.0 Å². The van der Waals surface area contributed by atoms with E-state index in [1.807, 2.05) is 0 Å². The standard InChI is InChI=1S/C14H27N3O/c1-12(2)8-6-10-17(13(3)4)14(16-15-5)9-7-11-18/h11-13H,5-10H2,1-4H3/b16-14+. The highest BCUT2D eigenvalue weighted by Gasteiger charge is 2.14. The van der Waals surface area contributed by atoms with Crippen LogP contribution in [0.5, 0.6) is 0 Å². The van der Waals surface area contributed by atoms with Gasteiger partial charge in [-0.15, -0.1) is 5.10 Å². The van der Waals surface area contributed by atoms with E-state index in [1.165, 1.54) is 6.42 Å². The van der Waals surface area contributed by atoms with Crippen molar-refractivity contribution in [3.63, 3.8) is 0 Å². The van der Waals surface area contributed by atoms with E-state index in [1.54, 1.807) is 0 Å². The number of hydrogen-bond donors (Lipinski definition) is 0. The molecule has 0 aliphatic heterocycles. The lowest BCUT2D eigenvalue weighted by atomic mass is 10.1. The number of carbonyl (C=O) groups excluding carboxylic acids is 1. The Hall–Kier alpha value is -1.19. The van der Waals surface area contributed by atoms with Gasteiger partial charge in [-0.25, -0.2) is 0 Å². The van der Waals surface area contributed by atoms with E-state index in [0.29, 0.717) is 24.8 Å². The monoisotopic (exact) mass is 253 g/mol. The van der Waals surface area contributed by atoms with Gasteiger partial charge in [0.1, 0.15) is 12.1 Å². The third-order valence-electron chi connectivity index (χ3n) is 2.81. The zero-order valence-corrected chi connectivity index (χ0v) is 12.2. The summed E-state index contributed by atoms with van der Waals surface area (Å²) >= 11 is 0. The Bertz CT molecular complexity index is 272. The summed E-state index contributed by atoms with van der Waals surface area (Å²) < 4.78 is 0. The summed E-state index contributed by atoms with van der Waals surface area (Å²) in [6.45, 7) is 13.1. The van der Waals surface area contributed by atoms with Crippen molar-refractivity contribution < 1.29 is 4.79 Å². The minimum absolute atomic E-state index is 0.365. The van der Waals surface area contributed by atoms with Crippen LogP contribution in [0.25, 0.3) is 0 Å². The average molecular weight is 253 g/mol. The number of nitrogens with zero attached hydrogens (tertiary/aromatic N) is 3. The van der Waals surface area contributed by atoms with Gasteiger partial charge in [0.05, 0.1) is 0 Å². The molecule has 0 bridgehead atoms. The number of amidine groups is 1. The molecule has 0 heterocycles. The zero-order chi connectivity index (χ0) is 14.0. The second-order valence-corrected chi connectivity index (χ2v) is 5.19. The zero-order valence-electron chi connectivity index (χ0n) is 12.2. The van der Waals surface area contributed by atoms with Crippen molar-refractivity contribution in [3.8, 4) is 0 Å². The van der Waals surface area contributed by atoms with Crippen molar-refractivity contribution in [2.24, 2.45) is 16.1 Å². The molecule has 4 heteroatoms. The molecule has 0 fully saturated rings. The van der Waals surface area contributed by atoms with E-state index in [-0.39, 0.29) is 0 Å². The molecule has 18 heavy (non-hydrogen) atoms. The largest absolute Gasteiger partial charge is 0.356 e. The molecule has 0 amide bonds. The summed E-state index contributed by atoms with van der Waals surface area (Å²) in [7, 11) is 0. The van der Waals surface area contributed by atoms with E-state index >= 15 is 0 Å². The summed E-state index contributed by atoms with van der Waals surface area (Å²) in [5.74, 6) is 1.59. The van der Waals surface area contributed by atoms with Crippen molar-refractivity contribution >= 4 is 18.8 Å². The van der Waals surface area contributed by atoms with Gasteiger partial charge >= 0.3 is 0 Å². The van der Waals surface area contributed by atoms with Crippen LogP contribution in [0.1, 0.15) is 53.4 Å². The molecule has 0 rings (SSSR count). The van der Waals surface area contributed by atoms with E-state index in [0.717, 1.165) is 25.1 Å². The van der Waals surface area contributed by atoms with Crippen LogP contribution < -0.4 is 0 Å². The number of hydrogen-bond acceptors (Lipinski definition) is 3. The molecule has 0 aliphatic rings. The Morgan fingerprint density at radius 2 is 2.00 bits per heavy atom. The smallest absolute Gasteiger partial charge is 0.128 e. The van der Waals surface area contributed by atoms with E-state index in [2.05, 4.69) is 49.5 Å². The summed E-state index contributed by atoms with van der Waals surface area (Å²) in [6.07, 6.45) is 4.38. The third kappa shape index (κ3) is 7.20. The van der Waals surface area contributed by atoms with Gasteiger partial charge < -0.3 is 9.69 Å². The second-order valence-electron chi connectivity index (χ2n) is 5.19. The van der Waals surface area contributed by atoms with E-state index in [4.69, 9.17) is 0 Å². The van der Waals surface area contributed by atoms with E-state index in [9.17, 15) is 4.79 Å². The highest BCUT2D eigenvalue weighted by atomic mass is 16.1. The average Bonchev–Trinajstić information content (AvgIpc) is 2.30. The predicted octanol–water partition coefficient (Wildman–Crippen LogP) is 3.13. The molecular weight excluding hydrogens is 226 g/mol. The van der Waals surface area contributed by atoms with Gasteiger partial charge in [-0.3, -0.25) is 0 Å². The van der Waals surface area contributed by atoms with Crippen LogP contribution in [-0.4, -0.2) is 36.3 Å². The molecule has 0 aromatic heterocycles. The fourth-order valence-corrected chi connectivity index (χ4v) is 1.88. The first-order chi connectivity index (χ1) is 8.52. The first-order valence-electron chi connectivity index (χ1n) is 6.75. The third-order valence-corrected chi connectivity index (χ3v) is 2.81. The van der Waals surface area contributed by atoms with Crippen molar-refractivity contribution in [2.45, 2.75) is 59.4 Å². The highest BCUT2D eigenvalue weighted by molar-refractivity contribution is 5.84. The molecule has 0 aromatic rings. The molecule has 104 valence electrons. The number of rotatable bonds is 9. The maximum atomic E-state index is 10.5. The lowest BCUT2D eigenvalue weighted by Gasteiger charge is -2.29. The van der Waals surface area contributed by atoms with Gasteiger partial charge in [-0.05, 0) is 32.6 Å². The number of carbonyl (C=O) groups is 1. The SMILES string of the molecule is C=N/N=C(\CCC=O)N(CCCC(C)C)C(C)C. The molecular formula is C14H27N3O. The van der Waals surface area contributed by atoms with Crippen LogP contribution >= 0.6 is 0 Å². The van der Waals surface area contributed by atoms with Gasteiger partial charge in [0, 0.05) is 32.1 Å². The minimum atomic E-state index is 0.365. The predicted molar refractivity (Wildman–Crippen MR) is 78.2 cm³/mol. The first-order valence-corrected chi connectivity index (χ1v) is 6.75. The quantitative estimate of drug-likeness (QED) is 0.274. The van der Waals surface area contributed by atoms with Crippen molar-refractivity contribution in [1.29, 1.82) is 0 Å². The first kappa shape index (κ1) is 16.8. The van der Waals surface area contributed by atoms with Gasteiger partial charge in [-0.2, -0.15) is 5.10 Å². The Morgan fingerprint density at radius 1 is 1.33 bits per heavy atom. The Labute approximate surface area is 111 Å². The van der Waals surface area contributed by atoms with Gasteiger partial charge in [0.25, 0.3) is 0 Å². The van der Waals surface area contributed by atoms with Crippen LogP contribution in [0.3, 0.4) is 0 Å². The molecule has 0 saturated carbocycles. The second kappa shape index (κ2) is 9.80. The van der Waals surface area contributed by atoms with Crippen molar-refractivity contribution in [2.75, 3.05) is 6.54 Å². The molecule has 0 N–H and O–H groups in total. The van der Waals surface area contributed by atoms with Gasteiger partial charge in [-0.1, -0.05) is 13.8 Å². The highest BCUT2D eigenvalue weighted by Crippen LogP contribution is 2.10. The van der Waals surface area contributed by atoms with Crippen molar-refractivity contribution in [3.05, 3.63) is 0 Å². The van der Waals surface area contributed by atoms with E-state index < -0.39 is 0 Å². The number of aldehydes is 1. The lowest BCUT2D eigenvalue weighted by molar-refractivity contribution is -0.107. The summed E-state index contributed by atoms with van der Waals surface area (Å²) in [6, 6.07) is 0.365. The van der Waals surface area contributed by atoms with Crippen LogP contribution in [-0.2, 0) is 4.79 Å². The molecule has 0 atom stereocenters. The van der Waals surface area contributed by atoms with Crippen LogP contribution in [0.15, 0.2) is 10.2 Å². The molecule has 4 nitrogen and oxygen atoms in total. The fourth-order valence-electron chi connectivity index (χ4n) is 1.88. The Kier molecular flexibility index (Phi) is 9.15. The maximum Gasteiger partial charge on any atom is 0.128 e. The molecule has 0 unspecified atom stereocenters. The van der Waals surface area contributed by atoms with Crippen molar-refractivity contribution in [1.82, 2.24) is 4.90 Å². The molecule has 0 aromatic carbocycles. The summed E-state index contributed by atoms with van der Waals surface area (Å²) in [5, 5.41) is 7.69. The normalized spacial score (nSPS) is 12.0. The molecule has 0 aliphatic carbocycles. The Balaban J connectivity index is 4.55. The minimum Gasteiger partial charge on any atom is -0.356 e. The molecule has 0 saturated heterocycles. The Morgan fingerprint density at radius 3 is 2.44 bits per heavy atom. The van der Waals surface area contributed by atoms with Crippen LogP contribution in [0.2, 0.25) is 0 Å². The summed E-state index contributed by atoms with van der Waals surface area (Å²) in [5.41, 5.74) is 0. The fraction of sp³-hybridized carbons (Fsp3) is 0.786. The summed E-state index contributed by atoms with van der Waals surface area (Å²) in [4.78, 5) is 12.7. The van der Waals surface area contributed by atoms with Crippen LogP contribution in [0.4, 0.5) is 0 Å². The molecule has 0 spiro atoms. The lowest BCUT2D eigenvalue weighted by Crippen LogP contribution is -2.37. The molecule has 0 radical (unpaired) electrons.